The smallest absolute Gasteiger partial charge is 0.00548 e. The van der Waals surface area contributed by atoms with Crippen molar-refractivity contribution in [2.24, 2.45) is 0 Å². The van der Waals surface area contributed by atoms with Crippen LogP contribution in [0.4, 0.5) is 0 Å². The molecule has 1 aromatic rings. The molecule has 0 aliphatic heterocycles. The highest BCUT2D eigenvalue weighted by Gasteiger charge is 2.10. The van der Waals surface area contributed by atoms with Crippen molar-refractivity contribution >= 4 is 5.57 Å². The van der Waals surface area contributed by atoms with Crippen LogP contribution in [-0.2, 0) is 6.42 Å². The van der Waals surface area contributed by atoms with Crippen LogP contribution in [-0.4, -0.2) is 0 Å². The number of rotatable bonds is 3. The van der Waals surface area contributed by atoms with Gasteiger partial charge in [0.05, 0.1) is 0 Å². The monoisotopic (exact) mass is 220 g/mol. The summed E-state index contributed by atoms with van der Waals surface area (Å²) in [6.07, 6.45) is 16.5. The summed E-state index contributed by atoms with van der Waals surface area (Å²) in [6.45, 7) is 0. The highest BCUT2D eigenvalue weighted by atomic mass is 14.1. The zero-order valence-corrected chi connectivity index (χ0v) is 9.89. The Bertz CT molecular complexity index is 539. The number of hydrogen-bond donors (Lipinski definition) is 0. The van der Waals surface area contributed by atoms with Crippen LogP contribution in [0.3, 0.4) is 0 Å². The van der Waals surface area contributed by atoms with Crippen LogP contribution in [0.1, 0.15) is 24.0 Å². The Balaban J connectivity index is 1.88. The molecular weight excluding hydrogens is 204 g/mol. The minimum absolute atomic E-state index is 1.08. The molecule has 0 aromatic heterocycles. The van der Waals surface area contributed by atoms with Gasteiger partial charge in [0.25, 0.3) is 0 Å². The van der Waals surface area contributed by atoms with E-state index in [1.165, 1.54) is 22.3 Å². The van der Waals surface area contributed by atoms with Gasteiger partial charge in [0.1, 0.15) is 0 Å². The predicted molar refractivity (Wildman–Crippen MR) is 73.7 cm³/mol. The van der Waals surface area contributed by atoms with Crippen LogP contribution in [0.25, 0.3) is 5.57 Å². The summed E-state index contributed by atoms with van der Waals surface area (Å²) in [5, 5.41) is 0. The lowest BCUT2D eigenvalue weighted by Gasteiger charge is -2.11. The first-order chi connectivity index (χ1) is 8.43. The van der Waals surface area contributed by atoms with E-state index in [-0.39, 0.29) is 0 Å². The minimum Gasteiger partial charge on any atom is -0.0804 e. The largest absolute Gasteiger partial charge is 0.0804 e. The number of hydrogen-bond acceptors (Lipinski definition) is 0. The summed E-state index contributed by atoms with van der Waals surface area (Å²) in [6, 6.07) is 8.79. The van der Waals surface area contributed by atoms with Gasteiger partial charge in [-0.2, -0.15) is 0 Å². The summed E-state index contributed by atoms with van der Waals surface area (Å²) in [5.74, 6) is 0. The molecule has 17 heavy (non-hydrogen) atoms. The molecule has 2 aliphatic rings. The summed E-state index contributed by atoms with van der Waals surface area (Å²) in [7, 11) is 0. The van der Waals surface area contributed by atoms with E-state index in [9.17, 15) is 0 Å². The molecule has 0 radical (unpaired) electrons. The second-order valence-corrected chi connectivity index (χ2v) is 4.62. The maximum Gasteiger partial charge on any atom is -0.00548 e. The van der Waals surface area contributed by atoms with Crippen LogP contribution in [0, 0.1) is 0 Å². The standard InChI is InChI=1S/C17H16/c1-2-8-14(7-1)13-16-11-5-6-12-17(16)15-9-3-4-10-15/h1-7,9,11-12H,8,10,13H2. The molecule has 0 heterocycles. The Morgan fingerprint density at radius 2 is 1.71 bits per heavy atom. The van der Waals surface area contributed by atoms with E-state index >= 15 is 0 Å². The predicted octanol–water partition coefficient (Wildman–Crippen LogP) is 4.46. The van der Waals surface area contributed by atoms with Gasteiger partial charge in [-0.05, 0) is 36.0 Å². The van der Waals surface area contributed by atoms with Gasteiger partial charge in [-0.15, -0.1) is 0 Å². The fourth-order valence-corrected chi connectivity index (χ4v) is 2.50. The average Bonchev–Trinajstić information content (AvgIpc) is 3.01. The Labute approximate surface area is 103 Å². The normalized spacial score (nSPS) is 17.4. The van der Waals surface area contributed by atoms with Crippen LogP contribution >= 0.6 is 0 Å². The molecule has 0 fully saturated rings. The zero-order chi connectivity index (χ0) is 11.5. The van der Waals surface area contributed by atoms with Crippen molar-refractivity contribution in [1.82, 2.24) is 0 Å². The molecule has 3 rings (SSSR count). The Hall–Kier alpha value is -1.82. The van der Waals surface area contributed by atoms with Crippen molar-refractivity contribution in [3.63, 3.8) is 0 Å². The highest BCUT2D eigenvalue weighted by Crippen LogP contribution is 2.28. The second-order valence-electron chi connectivity index (χ2n) is 4.62. The molecule has 0 nitrogen and oxygen atoms in total. The maximum atomic E-state index is 2.26. The van der Waals surface area contributed by atoms with Crippen molar-refractivity contribution in [1.29, 1.82) is 0 Å². The van der Waals surface area contributed by atoms with E-state index < -0.39 is 0 Å². The first kappa shape index (κ1) is 10.3. The molecule has 2 aliphatic carbocycles. The number of allylic oxidation sites excluding steroid dienone is 8. The maximum absolute atomic E-state index is 2.26. The lowest BCUT2D eigenvalue weighted by molar-refractivity contribution is 1.08. The Morgan fingerprint density at radius 3 is 2.47 bits per heavy atom. The molecule has 0 unspecified atom stereocenters. The third kappa shape index (κ3) is 2.16. The van der Waals surface area contributed by atoms with Gasteiger partial charge >= 0.3 is 0 Å². The van der Waals surface area contributed by atoms with Crippen LogP contribution in [0.5, 0.6) is 0 Å². The van der Waals surface area contributed by atoms with Gasteiger partial charge in [-0.3, -0.25) is 0 Å². The fourth-order valence-electron chi connectivity index (χ4n) is 2.50. The van der Waals surface area contributed by atoms with Crippen LogP contribution in [0.15, 0.2) is 66.3 Å². The lowest BCUT2D eigenvalue weighted by atomic mass is 9.94. The fraction of sp³-hybridized carbons (Fsp3) is 0.176. The SMILES string of the molecule is C1=CCC(Cc2ccccc2C2=CC=CC2)=C1. The molecule has 0 atom stereocenters. The minimum atomic E-state index is 1.08. The first-order valence-corrected chi connectivity index (χ1v) is 6.22. The van der Waals surface area contributed by atoms with E-state index in [0.717, 1.165) is 19.3 Å². The Kier molecular flexibility index (Phi) is 2.79. The highest BCUT2D eigenvalue weighted by molar-refractivity contribution is 5.73. The molecule has 0 bridgehead atoms. The van der Waals surface area contributed by atoms with E-state index in [0.29, 0.717) is 0 Å². The van der Waals surface area contributed by atoms with Crippen LogP contribution < -0.4 is 0 Å². The second kappa shape index (κ2) is 4.58. The average molecular weight is 220 g/mol. The van der Waals surface area contributed by atoms with E-state index in [1.54, 1.807) is 0 Å². The summed E-state index contributed by atoms with van der Waals surface area (Å²) < 4.78 is 0. The summed E-state index contributed by atoms with van der Waals surface area (Å²) in [4.78, 5) is 0. The molecule has 0 heteroatoms. The van der Waals surface area contributed by atoms with E-state index in [2.05, 4.69) is 60.7 Å². The van der Waals surface area contributed by atoms with E-state index in [4.69, 9.17) is 0 Å². The molecule has 84 valence electrons. The molecule has 0 N–H and O–H groups in total. The zero-order valence-electron chi connectivity index (χ0n) is 9.89. The van der Waals surface area contributed by atoms with E-state index in [1.807, 2.05) is 0 Å². The molecular formula is C17H16. The van der Waals surface area contributed by atoms with Gasteiger partial charge < -0.3 is 0 Å². The van der Waals surface area contributed by atoms with Gasteiger partial charge in [0, 0.05) is 0 Å². The summed E-state index contributed by atoms with van der Waals surface area (Å²) >= 11 is 0. The topological polar surface area (TPSA) is 0 Å². The van der Waals surface area contributed by atoms with Crippen LogP contribution in [0.2, 0.25) is 0 Å². The lowest BCUT2D eigenvalue weighted by Crippen LogP contribution is -1.94. The molecule has 0 saturated heterocycles. The Morgan fingerprint density at radius 1 is 0.882 bits per heavy atom. The van der Waals surface area contributed by atoms with Gasteiger partial charge in [0.2, 0.25) is 0 Å². The van der Waals surface area contributed by atoms with Gasteiger partial charge in [-0.1, -0.05) is 66.3 Å². The first-order valence-electron chi connectivity index (χ1n) is 6.22. The van der Waals surface area contributed by atoms with Crippen molar-refractivity contribution in [2.45, 2.75) is 19.3 Å². The molecule has 1 aromatic carbocycles. The third-order valence-corrected chi connectivity index (χ3v) is 3.40. The quantitative estimate of drug-likeness (QED) is 0.705. The summed E-state index contributed by atoms with van der Waals surface area (Å²) in [5.41, 5.74) is 5.85. The molecule has 0 amide bonds. The van der Waals surface area contributed by atoms with Crippen molar-refractivity contribution in [2.75, 3.05) is 0 Å². The van der Waals surface area contributed by atoms with Crippen molar-refractivity contribution in [3.05, 3.63) is 77.4 Å². The van der Waals surface area contributed by atoms with Crippen molar-refractivity contribution in [3.8, 4) is 0 Å². The molecule has 0 saturated carbocycles. The number of benzene rings is 1. The van der Waals surface area contributed by atoms with Gasteiger partial charge in [-0.25, -0.2) is 0 Å². The van der Waals surface area contributed by atoms with Crippen molar-refractivity contribution < 1.29 is 0 Å². The molecule has 0 spiro atoms. The van der Waals surface area contributed by atoms with Gasteiger partial charge in [0.15, 0.2) is 0 Å². The third-order valence-electron chi connectivity index (χ3n) is 3.40.